The second kappa shape index (κ2) is 1.73. The maximum Gasteiger partial charge on any atom is 0.0946 e. The molecule has 2 atom stereocenters. The molecule has 0 saturated carbocycles. The molecule has 0 saturated heterocycles. The van der Waals surface area contributed by atoms with Crippen LogP contribution in [0.25, 0.3) is 0 Å². The maximum absolute atomic E-state index is 11.3. The van der Waals surface area contributed by atoms with E-state index in [2.05, 4.69) is 0 Å². The van der Waals surface area contributed by atoms with Gasteiger partial charge in [-0.1, -0.05) is 19.1 Å². The molecule has 0 unspecified atom stereocenters. The van der Waals surface area contributed by atoms with Crippen molar-refractivity contribution in [3.8, 4) is 0 Å². The zero-order valence-electron chi connectivity index (χ0n) is 5.29. The lowest BCUT2D eigenvalue weighted by atomic mass is 10.4. The van der Waals surface area contributed by atoms with E-state index in [4.69, 9.17) is 0 Å². The summed E-state index contributed by atoms with van der Waals surface area (Å²) in [5.41, 5.74) is 0.336. The molecule has 0 amide bonds. The highest BCUT2D eigenvalue weighted by molar-refractivity contribution is 7.64. The maximum atomic E-state index is 11.3. The van der Waals surface area contributed by atoms with Crippen molar-refractivity contribution in [1.82, 2.24) is 0 Å². The van der Waals surface area contributed by atoms with E-state index in [0.29, 0.717) is 5.66 Å². The summed E-state index contributed by atoms with van der Waals surface area (Å²) in [5, 5.41) is 0. The first-order chi connectivity index (χ1) is 3.63. The summed E-state index contributed by atoms with van der Waals surface area (Å²) in [6, 6.07) is 0. The predicted molar refractivity (Wildman–Crippen MR) is 37.0 cm³/mol. The average molecular weight is 130 g/mol. The number of hydrogen-bond donors (Lipinski definition) is 0. The fourth-order valence-electron chi connectivity index (χ4n) is 0.815. The van der Waals surface area contributed by atoms with Crippen LogP contribution in [0.3, 0.4) is 0 Å². The van der Waals surface area contributed by atoms with E-state index in [1.165, 1.54) is 0 Å². The first-order valence-corrected chi connectivity index (χ1v) is 5.26. The van der Waals surface area contributed by atoms with E-state index in [1.54, 1.807) is 0 Å². The van der Waals surface area contributed by atoms with Crippen LogP contribution in [0.4, 0.5) is 0 Å². The Labute approximate surface area is 50.2 Å². The minimum absolute atomic E-state index is 0.336. The smallest absolute Gasteiger partial charge is 0.0946 e. The predicted octanol–water partition coefficient (Wildman–Crippen LogP) is 1.94. The van der Waals surface area contributed by atoms with Crippen molar-refractivity contribution in [2.24, 2.45) is 0 Å². The Morgan fingerprint density at radius 1 is 1.75 bits per heavy atom. The molecule has 1 nitrogen and oxygen atoms in total. The van der Waals surface area contributed by atoms with Crippen LogP contribution < -0.4 is 0 Å². The summed E-state index contributed by atoms with van der Waals surface area (Å²) in [6.45, 7) is 3.89. The lowest BCUT2D eigenvalue weighted by Crippen LogP contribution is -1.92. The summed E-state index contributed by atoms with van der Waals surface area (Å²) in [4.78, 5) is 0. The third-order valence-electron chi connectivity index (χ3n) is 1.74. The average Bonchev–Trinajstić information content (AvgIpc) is 1.86. The van der Waals surface area contributed by atoms with Gasteiger partial charge < -0.3 is 4.57 Å². The monoisotopic (exact) mass is 130 g/mol. The van der Waals surface area contributed by atoms with Crippen molar-refractivity contribution in [1.29, 1.82) is 0 Å². The molecular weight excluding hydrogens is 119 g/mol. The second-order valence-electron chi connectivity index (χ2n) is 2.53. The second-order valence-corrected chi connectivity index (χ2v) is 6.05. The number of allylic oxidation sites excluding steroid dienone is 2. The minimum atomic E-state index is -1.75. The molecule has 1 rings (SSSR count). The molecule has 2 heteroatoms. The van der Waals surface area contributed by atoms with Gasteiger partial charge in [0, 0.05) is 11.8 Å². The van der Waals surface area contributed by atoms with Gasteiger partial charge in [0.25, 0.3) is 0 Å². The third-order valence-corrected chi connectivity index (χ3v) is 4.58. The van der Waals surface area contributed by atoms with Gasteiger partial charge in [0.05, 0.1) is 7.14 Å². The van der Waals surface area contributed by atoms with Crippen molar-refractivity contribution >= 4 is 7.14 Å². The number of rotatable bonds is 0. The van der Waals surface area contributed by atoms with E-state index in [1.807, 2.05) is 25.7 Å². The Morgan fingerprint density at radius 2 is 2.38 bits per heavy atom. The third kappa shape index (κ3) is 0.877. The molecule has 1 heterocycles. The van der Waals surface area contributed by atoms with E-state index in [9.17, 15) is 4.57 Å². The summed E-state index contributed by atoms with van der Waals surface area (Å²) >= 11 is 0. The van der Waals surface area contributed by atoms with E-state index in [-0.39, 0.29) is 0 Å². The Kier molecular flexibility index (Phi) is 1.32. The van der Waals surface area contributed by atoms with Gasteiger partial charge >= 0.3 is 0 Å². The molecule has 0 N–H and O–H groups in total. The summed E-state index contributed by atoms with van der Waals surface area (Å²) in [5.74, 6) is 0. The lowest BCUT2D eigenvalue weighted by Gasteiger charge is -2.07. The molecule has 0 fully saturated rings. The van der Waals surface area contributed by atoms with E-state index < -0.39 is 7.14 Å². The molecule has 0 spiro atoms. The molecule has 0 aliphatic carbocycles. The molecule has 0 aromatic carbocycles. The van der Waals surface area contributed by atoms with Crippen LogP contribution in [0.15, 0.2) is 12.2 Å². The SMILES string of the molecule is C[C@@H]1C=CC[P@@]1(C)=O. The largest absolute Gasteiger partial charge is 0.323 e. The van der Waals surface area contributed by atoms with Crippen LogP contribution in [0.5, 0.6) is 0 Å². The molecule has 0 aromatic rings. The van der Waals surface area contributed by atoms with Crippen LogP contribution in [0, 0.1) is 0 Å². The van der Waals surface area contributed by atoms with Crippen molar-refractivity contribution < 1.29 is 4.57 Å². The van der Waals surface area contributed by atoms with Crippen molar-refractivity contribution in [3.05, 3.63) is 12.2 Å². The zero-order valence-corrected chi connectivity index (χ0v) is 6.19. The van der Waals surface area contributed by atoms with Crippen molar-refractivity contribution in [2.75, 3.05) is 12.8 Å². The molecule has 1 aliphatic heterocycles. The Balaban J connectivity index is 2.79. The van der Waals surface area contributed by atoms with Gasteiger partial charge in [-0.2, -0.15) is 0 Å². The van der Waals surface area contributed by atoms with Crippen molar-refractivity contribution in [2.45, 2.75) is 12.6 Å². The lowest BCUT2D eigenvalue weighted by molar-refractivity contribution is 0.579. The van der Waals surface area contributed by atoms with Crippen LogP contribution in [0.2, 0.25) is 0 Å². The fraction of sp³-hybridized carbons (Fsp3) is 0.667. The first-order valence-electron chi connectivity index (χ1n) is 2.86. The highest BCUT2D eigenvalue weighted by Gasteiger charge is 2.24. The van der Waals surface area contributed by atoms with Crippen molar-refractivity contribution in [3.63, 3.8) is 0 Å². The van der Waals surface area contributed by atoms with Crippen LogP contribution in [-0.2, 0) is 4.57 Å². The standard InChI is InChI=1S/C6H11OP/c1-6-4-3-5-8(6,2)7/h3-4,6H,5H2,1-2H3/t6-,8-/m1/s1. The topological polar surface area (TPSA) is 17.1 Å². The molecule has 0 aromatic heterocycles. The zero-order chi connectivity index (χ0) is 6.20. The molecule has 8 heavy (non-hydrogen) atoms. The normalized spacial score (nSPS) is 45.5. The highest BCUT2D eigenvalue weighted by Crippen LogP contribution is 2.50. The highest BCUT2D eigenvalue weighted by atomic mass is 31.2. The number of hydrogen-bond acceptors (Lipinski definition) is 1. The van der Waals surface area contributed by atoms with Gasteiger partial charge in [-0.15, -0.1) is 0 Å². The molecule has 0 bridgehead atoms. The van der Waals surface area contributed by atoms with Gasteiger partial charge in [0.2, 0.25) is 0 Å². The van der Waals surface area contributed by atoms with E-state index in [0.717, 1.165) is 6.16 Å². The van der Waals surface area contributed by atoms with Gasteiger partial charge in [-0.25, -0.2) is 0 Å². The Bertz CT molecular complexity index is 160. The van der Waals surface area contributed by atoms with Gasteiger partial charge in [0.1, 0.15) is 0 Å². The fourth-order valence-corrected chi connectivity index (χ4v) is 2.17. The van der Waals surface area contributed by atoms with Gasteiger partial charge in [-0.05, 0) is 6.66 Å². The Hall–Kier alpha value is -0.0300. The molecule has 1 aliphatic rings. The van der Waals surface area contributed by atoms with Crippen LogP contribution in [-0.4, -0.2) is 18.5 Å². The minimum Gasteiger partial charge on any atom is -0.323 e. The van der Waals surface area contributed by atoms with E-state index >= 15 is 0 Å². The first kappa shape index (κ1) is 6.10. The van der Waals surface area contributed by atoms with Crippen LogP contribution in [0.1, 0.15) is 6.92 Å². The summed E-state index contributed by atoms with van der Waals surface area (Å²) in [6.07, 6.45) is 4.88. The molecule has 0 radical (unpaired) electrons. The van der Waals surface area contributed by atoms with Gasteiger partial charge in [-0.3, -0.25) is 0 Å². The summed E-state index contributed by atoms with van der Waals surface area (Å²) in [7, 11) is -1.75. The van der Waals surface area contributed by atoms with Gasteiger partial charge in [0.15, 0.2) is 0 Å². The molecule has 46 valence electrons. The van der Waals surface area contributed by atoms with Crippen LogP contribution >= 0.6 is 7.14 Å². The summed E-state index contributed by atoms with van der Waals surface area (Å²) < 4.78 is 11.3. The quantitative estimate of drug-likeness (QED) is 0.361. The Morgan fingerprint density at radius 3 is 2.50 bits per heavy atom. The molecular formula is C6H11OP.